The van der Waals surface area contributed by atoms with Crippen molar-refractivity contribution in [3.8, 4) is 6.07 Å². The predicted octanol–water partition coefficient (Wildman–Crippen LogP) is 5.02. The minimum absolute atomic E-state index is 0.152. The molecule has 1 atom stereocenters. The minimum Gasteiger partial charge on any atom is -0.279 e. The molecule has 0 saturated carbocycles. The molecule has 0 aliphatic carbocycles. The van der Waals surface area contributed by atoms with E-state index < -0.39 is 12.0 Å². The molecule has 0 amide bonds. The molecular weight excluding hydrogens is 306 g/mol. The molecule has 24 heavy (non-hydrogen) atoms. The van der Waals surface area contributed by atoms with Gasteiger partial charge in [-0.3, -0.25) is 4.90 Å². The Morgan fingerprint density at radius 1 is 0.958 bits per heavy atom. The third-order valence-electron chi connectivity index (χ3n) is 3.90. The predicted molar refractivity (Wildman–Crippen MR) is 91.4 cm³/mol. The average Bonchev–Trinajstić information content (AvgIpc) is 2.56. The van der Waals surface area contributed by atoms with Gasteiger partial charge in [0.1, 0.15) is 0 Å². The number of alkyl halides is 2. The normalized spacial score (nSPS) is 12.8. The van der Waals surface area contributed by atoms with E-state index in [0.29, 0.717) is 13.1 Å². The first kappa shape index (κ1) is 18.1. The van der Waals surface area contributed by atoms with E-state index in [1.807, 2.05) is 65.6 Å². The van der Waals surface area contributed by atoms with E-state index >= 15 is 0 Å². The Morgan fingerprint density at radius 2 is 1.42 bits per heavy atom. The minimum atomic E-state index is -2.75. The highest BCUT2D eigenvalue weighted by atomic mass is 19.3. The number of nitriles is 1. The highest BCUT2D eigenvalue weighted by molar-refractivity contribution is 5.18. The highest BCUT2D eigenvalue weighted by Crippen LogP contribution is 2.23. The first-order chi connectivity index (χ1) is 11.5. The fourth-order valence-corrected chi connectivity index (χ4v) is 2.63. The van der Waals surface area contributed by atoms with Crippen LogP contribution in [0.15, 0.2) is 60.7 Å². The summed E-state index contributed by atoms with van der Waals surface area (Å²) in [5.41, 5.74) is 2.13. The summed E-state index contributed by atoms with van der Waals surface area (Å²) in [5, 5.41) is 9.51. The second-order valence-corrected chi connectivity index (χ2v) is 6.13. The van der Waals surface area contributed by atoms with Crippen LogP contribution in [0.3, 0.4) is 0 Å². The Kier molecular flexibility index (Phi) is 6.45. The van der Waals surface area contributed by atoms with E-state index in [-0.39, 0.29) is 12.8 Å². The fraction of sp³-hybridized carbons (Fsp3) is 0.350. The largest absolute Gasteiger partial charge is 0.279 e. The molecule has 2 rings (SSSR count). The first-order valence-electron chi connectivity index (χ1n) is 8.07. The van der Waals surface area contributed by atoms with Gasteiger partial charge in [-0.25, -0.2) is 8.78 Å². The third-order valence-corrected chi connectivity index (χ3v) is 3.90. The molecule has 0 heterocycles. The summed E-state index contributed by atoms with van der Waals surface area (Å²) < 4.78 is 26.4. The lowest BCUT2D eigenvalue weighted by atomic mass is 10.1. The second-order valence-electron chi connectivity index (χ2n) is 6.13. The standard InChI is InChI=1S/C20H22F2N2/c1-20(21,22)13-12-19(14-23)24(15-17-8-4-2-5-9-17)16-18-10-6-3-7-11-18/h2-11,19H,12-13,15-16H2,1H3. The van der Waals surface area contributed by atoms with Gasteiger partial charge in [-0.15, -0.1) is 0 Å². The van der Waals surface area contributed by atoms with Crippen molar-refractivity contribution in [3.63, 3.8) is 0 Å². The van der Waals surface area contributed by atoms with Crippen LogP contribution in [0.1, 0.15) is 30.9 Å². The number of rotatable bonds is 8. The topological polar surface area (TPSA) is 27.0 Å². The Labute approximate surface area is 142 Å². The molecule has 0 aromatic heterocycles. The maximum atomic E-state index is 13.2. The Balaban J connectivity index is 2.15. The molecule has 0 aliphatic rings. The number of hydrogen-bond donors (Lipinski definition) is 0. The van der Waals surface area contributed by atoms with Crippen LogP contribution in [-0.2, 0) is 13.1 Å². The van der Waals surface area contributed by atoms with Crippen LogP contribution in [0.2, 0.25) is 0 Å². The molecule has 0 radical (unpaired) electrons. The van der Waals surface area contributed by atoms with E-state index in [1.54, 1.807) is 0 Å². The smallest absolute Gasteiger partial charge is 0.245 e. The van der Waals surface area contributed by atoms with Crippen LogP contribution in [0.5, 0.6) is 0 Å². The molecule has 2 aromatic carbocycles. The van der Waals surface area contributed by atoms with Gasteiger partial charge in [0.2, 0.25) is 5.92 Å². The van der Waals surface area contributed by atoms with Crippen molar-refractivity contribution in [2.24, 2.45) is 0 Å². The zero-order valence-electron chi connectivity index (χ0n) is 13.8. The summed E-state index contributed by atoms with van der Waals surface area (Å²) in [6.45, 7) is 2.02. The van der Waals surface area contributed by atoms with Crippen molar-refractivity contribution >= 4 is 0 Å². The quantitative estimate of drug-likeness (QED) is 0.680. The molecule has 2 aromatic rings. The summed E-state index contributed by atoms with van der Waals surface area (Å²) in [5.74, 6) is -2.75. The molecule has 0 aliphatic heterocycles. The lowest BCUT2D eigenvalue weighted by molar-refractivity contribution is 0.00482. The molecule has 1 unspecified atom stereocenters. The Hall–Kier alpha value is -2.25. The second kappa shape index (κ2) is 8.56. The number of halogens is 2. The maximum Gasteiger partial charge on any atom is 0.245 e. The van der Waals surface area contributed by atoms with E-state index in [9.17, 15) is 14.0 Å². The van der Waals surface area contributed by atoms with Gasteiger partial charge >= 0.3 is 0 Å². The fourth-order valence-electron chi connectivity index (χ4n) is 2.63. The van der Waals surface area contributed by atoms with Gasteiger partial charge in [0, 0.05) is 19.5 Å². The van der Waals surface area contributed by atoms with E-state index in [2.05, 4.69) is 6.07 Å². The zero-order chi connectivity index (χ0) is 17.4. The molecule has 0 N–H and O–H groups in total. The Bertz CT molecular complexity index is 603. The van der Waals surface area contributed by atoms with Gasteiger partial charge in [-0.1, -0.05) is 60.7 Å². The van der Waals surface area contributed by atoms with Crippen molar-refractivity contribution in [2.75, 3.05) is 0 Å². The molecule has 0 saturated heterocycles. The summed E-state index contributed by atoms with van der Waals surface area (Å²) in [6, 6.07) is 21.2. The van der Waals surface area contributed by atoms with Gasteiger partial charge in [0.05, 0.1) is 12.1 Å². The molecule has 0 fully saturated rings. The maximum absolute atomic E-state index is 13.2. The monoisotopic (exact) mass is 328 g/mol. The van der Waals surface area contributed by atoms with Gasteiger partial charge in [0.15, 0.2) is 0 Å². The van der Waals surface area contributed by atoms with Crippen LogP contribution >= 0.6 is 0 Å². The summed E-state index contributed by atoms with van der Waals surface area (Å²) in [6.07, 6.45) is -0.134. The lowest BCUT2D eigenvalue weighted by Crippen LogP contribution is -2.34. The van der Waals surface area contributed by atoms with Gasteiger partial charge in [-0.2, -0.15) is 5.26 Å². The summed E-state index contributed by atoms with van der Waals surface area (Å²) >= 11 is 0. The van der Waals surface area contributed by atoms with E-state index in [0.717, 1.165) is 18.1 Å². The molecule has 0 bridgehead atoms. The van der Waals surface area contributed by atoms with Gasteiger partial charge in [0.25, 0.3) is 0 Å². The zero-order valence-corrected chi connectivity index (χ0v) is 13.8. The lowest BCUT2D eigenvalue weighted by Gasteiger charge is -2.28. The molecule has 2 nitrogen and oxygen atoms in total. The number of benzene rings is 2. The molecule has 126 valence electrons. The molecule has 0 spiro atoms. The summed E-state index contributed by atoms with van der Waals surface area (Å²) in [4.78, 5) is 1.97. The van der Waals surface area contributed by atoms with Crippen molar-refractivity contribution in [1.82, 2.24) is 4.90 Å². The van der Waals surface area contributed by atoms with E-state index in [4.69, 9.17) is 0 Å². The SMILES string of the molecule is CC(F)(F)CCC(C#N)N(Cc1ccccc1)Cc1ccccc1. The number of nitrogens with zero attached hydrogens (tertiary/aromatic N) is 2. The van der Waals surface area contributed by atoms with Crippen LogP contribution < -0.4 is 0 Å². The van der Waals surface area contributed by atoms with Gasteiger partial charge < -0.3 is 0 Å². The van der Waals surface area contributed by atoms with Gasteiger partial charge in [-0.05, 0) is 24.5 Å². The van der Waals surface area contributed by atoms with Crippen molar-refractivity contribution in [1.29, 1.82) is 5.26 Å². The van der Waals surface area contributed by atoms with Crippen molar-refractivity contribution in [2.45, 2.75) is 44.8 Å². The van der Waals surface area contributed by atoms with Crippen molar-refractivity contribution < 1.29 is 8.78 Å². The Morgan fingerprint density at radius 3 is 1.79 bits per heavy atom. The van der Waals surface area contributed by atoms with Crippen LogP contribution in [0, 0.1) is 11.3 Å². The highest BCUT2D eigenvalue weighted by Gasteiger charge is 2.26. The average molecular weight is 328 g/mol. The van der Waals surface area contributed by atoms with Crippen LogP contribution in [-0.4, -0.2) is 16.9 Å². The van der Waals surface area contributed by atoms with Crippen LogP contribution in [0.4, 0.5) is 8.78 Å². The molecule has 4 heteroatoms. The third kappa shape index (κ3) is 6.10. The first-order valence-corrected chi connectivity index (χ1v) is 8.07. The number of hydrogen-bond acceptors (Lipinski definition) is 2. The van der Waals surface area contributed by atoms with E-state index in [1.165, 1.54) is 0 Å². The summed E-state index contributed by atoms with van der Waals surface area (Å²) in [7, 11) is 0. The van der Waals surface area contributed by atoms with Crippen LogP contribution in [0.25, 0.3) is 0 Å². The van der Waals surface area contributed by atoms with Crippen molar-refractivity contribution in [3.05, 3.63) is 71.8 Å². The molecular formula is C20H22F2N2.